The van der Waals surface area contributed by atoms with Crippen LogP contribution >= 0.6 is 0 Å². The first kappa shape index (κ1) is 23.5. The van der Waals surface area contributed by atoms with Gasteiger partial charge in [0, 0.05) is 5.69 Å². The van der Waals surface area contributed by atoms with E-state index in [-0.39, 0.29) is 6.42 Å². The number of ether oxygens (including phenoxy) is 2. The molecule has 170 valence electrons. The highest BCUT2D eigenvalue weighted by molar-refractivity contribution is 6.03. The van der Waals surface area contributed by atoms with E-state index in [2.05, 4.69) is 21.9 Å². The van der Waals surface area contributed by atoms with Crippen LogP contribution in [0.1, 0.15) is 30.0 Å². The Morgan fingerprint density at radius 3 is 2.30 bits per heavy atom. The second kappa shape index (κ2) is 12.0. The van der Waals surface area contributed by atoms with Gasteiger partial charge in [0.15, 0.2) is 0 Å². The minimum Gasteiger partial charge on any atom is -0.494 e. The first-order valence-electron chi connectivity index (χ1n) is 10.6. The molecule has 0 aliphatic carbocycles. The smallest absolute Gasteiger partial charge is 0.249 e. The maximum Gasteiger partial charge on any atom is 0.249 e. The third-order valence-corrected chi connectivity index (χ3v) is 4.54. The van der Waals surface area contributed by atoms with Gasteiger partial charge in [-0.15, -0.1) is 0 Å². The van der Waals surface area contributed by atoms with Gasteiger partial charge < -0.3 is 14.8 Å². The van der Waals surface area contributed by atoms with Crippen LogP contribution in [0.2, 0.25) is 0 Å². The molecule has 0 aliphatic rings. The normalized spacial score (nSPS) is 10.6. The van der Waals surface area contributed by atoms with E-state index < -0.39 is 11.8 Å². The Labute approximate surface area is 193 Å². The summed E-state index contributed by atoms with van der Waals surface area (Å²) in [5.74, 6) is 0.520. The number of nitrogens with zero attached hydrogens (tertiary/aromatic N) is 1. The predicted octanol–water partition coefficient (Wildman–Crippen LogP) is 4.45. The highest BCUT2D eigenvalue weighted by Crippen LogP contribution is 2.16. The van der Waals surface area contributed by atoms with E-state index >= 15 is 0 Å². The zero-order valence-electron chi connectivity index (χ0n) is 18.7. The van der Waals surface area contributed by atoms with Crippen LogP contribution in [0.15, 0.2) is 77.9 Å². The lowest BCUT2D eigenvalue weighted by Crippen LogP contribution is -2.24. The van der Waals surface area contributed by atoms with Crippen LogP contribution in [-0.4, -0.2) is 24.6 Å². The monoisotopic (exact) mass is 445 g/mol. The molecule has 0 unspecified atom stereocenters. The average Bonchev–Trinajstić information content (AvgIpc) is 2.80. The van der Waals surface area contributed by atoms with E-state index in [1.165, 1.54) is 11.8 Å². The predicted molar refractivity (Wildman–Crippen MR) is 129 cm³/mol. The number of carbonyl (C=O) groups is 2. The molecular formula is C26H27N3O4. The van der Waals surface area contributed by atoms with Crippen molar-refractivity contribution in [2.75, 3.05) is 11.9 Å². The molecular weight excluding hydrogens is 418 g/mol. The third kappa shape index (κ3) is 8.14. The summed E-state index contributed by atoms with van der Waals surface area (Å²) in [7, 11) is 0. The fourth-order valence-electron chi connectivity index (χ4n) is 2.99. The van der Waals surface area contributed by atoms with Crippen molar-refractivity contribution < 1.29 is 19.1 Å². The Morgan fingerprint density at radius 1 is 0.909 bits per heavy atom. The molecule has 0 aliphatic heterocycles. The van der Waals surface area contributed by atoms with Crippen LogP contribution in [0.5, 0.6) is 11.5 Å². The van der Waals surface area contributed by atoms with Gasteiger partial charge in [-0.2, -0.15) is 5.10 Å². The molecule has 3 rings (SSSR count). The molecule has 0 radical (unpaired) electrons. The van der Waals surface area contributed by atoms with Gasteiger partial charge in [-0.05, 0) is 73.5 Å². The molecule has 3 aromatic rings. The SMILES string of the molecule is CCOc1ccc(NC(=O)CC(=O)NN=Cc2ccc(OCc3cccc(C)c3)cc2)cc1. The summed E-state index contributed by atoms with van der Waals surface area (Å²) in [6.07, 6.45) is 1.17. The van der Waals surface area contributed by atoms with Crippen molar-refractivity contribution in [3.05, 3.63) is 89.5 Å². The fraction of sp³-hybridized carbons (Fsp3) is 0.192. The number of amides is 2. The topological polar surface area (TPSA) is 89.0 Å². The lowest BCUT2D eigenvalue weighted by Gasteiger charge is -2.07. The Hall–Kier alpha value is -4.13. The lowest BCUT2D eigenvalue weighted by molar-refractivity contribution is -0.126. The molecule has 7 heteroatoms. The van der Waals surface area contributed by atoms with Crippen molar-refractivity contribution in [1.29, 1.82) is 0 Å². The highest BCUT2D eigenvalue weighted by Gasteiger charge is 2.09. The molecule has 0 saturated heterocycles. The average molecular weight is 446 g/mol. The first-order chi connectivity index (χ1) is 16.0. The number of benzene rings is 3. The quantitative estimate of drug-likeness (QED) is 0.274. The van der Waals surface area contributed by atoms with Gasteiger partial charge in [-0.25, -0.2) is 5.43 Å². The van der Waals surface area contributed by atoms with Crippen molar-refractivity contribution in [3.8, 4) is 11.5 Å². The molecule has 2 N–H and O–H groups in total. The van der Waals surface area contributed by atoms with Crippen molar-refractivity contribution in [2.45, 2.75) is 26.9 Å². The number of carbonyl (C=O) groups excluding carboxylic acids is 2. The number of rotatable bonds is 10. The van der Waals surface area contributed by atoms with Gasteiger partial charge in [0.25, 0.3) is 0 Å². The molecule has 0 bridgehead atoms. The van der Waals surface area contributed by atoms with Crippen molar-refractivity contribution >= 4 is 23.7 Å². The second-order valence-electron chi connectivity index (χ2n) is 7.32. The van der Waals surface area contributed by atoms with E-state index in [1.807, 2.05) is 56.3 Å². The summed E-state index contributed by atoms with van der Waals surface area (Å²) >= 11 is 0. The zero-order chi connectivity index (χ0) is 23.5. The van der Waals surface area contributed by atoms with E-state index in [4.69, 9.17) is 9.47 Å². The maximum absolute atomic E-state index is 12.0. The Balaban J connectivity index is 1.40. The van der Waals surface area contributed by atoms with Crippen molar-refractivity contribution in [3.63, 3.8) is 0 Å². The van der Waals surface area contributed by atoms with Gasteiger partial charge in [-0.1, -0.05) is 29.8 Å². The minimum atomic E-state index is -0.507. The molecule has 0 atom stereocenters. The Morgan fingerprint density at radius 2 is 1.61 bits per heavy atom. The van der Waals surface area contributed by atoms with E-state index in [1.54, 1.807) is 24.3 Å². The molecule has 0 spiro atoms. The van der Waals surface area contributed by atoms with Crippen LogP contribution in [0.4, 0.5) is 5.69 Å². The summed E-state index contributed by atoms with van der Waals surface area (Å²) in [6.45, 7) is 5.00. The fourth-order valence-corrected chi connectivity index (χ4v) is 2.99. The molecule has 0 aromatic heterocycles. The standard InChI is InChI=1S/C26H27N3O4/c1-3-32-23-13-9-22(10-14-23)28-25(30)16-26(31)29-27-17-20-7-11-24(12-8-20)33-18-21-6-4-5-19(2)15-21/h4-15,17H,3,16,18H2,1-2H3,(H,28,30)(H,29,31). The van der Waals surface area contributed by atoms with Gasteiger partial charge >= 0.3 is 0 Å². The summed E-state index contributed by atoms with van der Waals surface area (Å²) in [5.41, 5.74) is 6.03. The molecule has 0 fully saturated rings. The number of nitrogens with one attached hydrogen (secondary N) is 2. The van der Waals surface area contributed by atoms with Crippen LogP contribution in [0, 0.1) is 6.92 Å². The molecule has 33 heavy (non-hydrogen) atoms. The Bertz CT molecular complexity index is 1090. The number of hydrogen-bond donors (Lipinski definition) is 2. The number of hydrazone groups is 1. The van der Waals surface area contributed by atoms with Gasteiger partial charge in [-0.3, -0.25) is 9.59 Å². The van der Waals surface area contributed by atoms with Crippen molar-refractivity contribution in [1.82, 2.24) is 5.43 Å². The van der Waals surface area contributed by atoms with Crippen LogP contribution in [0.25, 0.3) is 0 Å². The molecule has 3 aromatic carbocycles. The summed E-state index contributed by atoms with van der Waals surface area (Å²) in [4.78, 5) is 24.0. The second-order valence-corrected chi connectivity index (χ2v) is 7.32. The van der Waals surface area contributed by atoms with Crippen LogP contribution < -0.4 is 20.2 Å². The molecule has 0 heterocycles. The molecule has 7 nitrogen and oxygen atoms in total. The maximum atomic E-state index is 12.0. The zero-order valence-corrected chi connectivity index (χ0v) is 18.7. The van der Waals surface area contributed by atoms with E-state index in [9.17, 15) is 9.59 Å². The number of anilines is 1. The lowest BCUT2D eigenvalue weighted by atomic mass is 10.1. The van der Waals surface area contributed by atoms with Crippen LogP contribution in [0.3, 0.4) is 0 Å². The Kier molecular flexibility index (Phi) is 8.59. The molecule has 0 saturated carbocycles. The van der Waals surface area contributed by atoms with Crippen molar-refractivity contribution in [2.24, 2.45) is 5.10 Å². The minimum absolute atomic E-state index is 0.337. The van der Waals surface area contributed by atoms with Crippen LogP contribution in [-0.2, 0) is 16.2 Å². The van der Waals surface area contributed by atoms with E-state index in [0.29, 0.717) is 24.7 Å². The number of hydrogen-bond acceptors (Lipinski definition) is 5. The van der Waals surface area contributed by atoms with Gasteiger partial charge in [0.1, 0.15) is 24.5 Å². The summed E-state index contributed by atoms with van der Waals surface area (Å²) < 4.78 is 11.1. The summed E-state index contributed by atoms with van der Waals surface area (Å²) in [6, 6.07) is 22.4. The van der Waals surface area contributed by atoms with Gasteiger partial charge in [0.05, 0.1) is 12.8 Å². The number of aryl methyl sites for hydroxylation is 1. The molecule has 2 amide bonds. The van der Waals surface area contributed by atoms with E-state index in [0.717, 1.165) is 16.9 Å². The van der Waals surface area contributed by atoms with Gasteiger partial charge in [0.2, 0.25) is 11.8 Å². The first-order valence-corrected chi connectivity index (χ1v) is 10.6. The summed E-state index contributed by atoms with van der Waals surface area (Å²) in [5, 5.41) is 6.57. The largest absolute Gasteiger partial charge is 0.494 e. The third-order valence-electron chi connectivity index (χ3n) is 4.54. The highest BCUT2D eigenvalue weighted by atomic mass is 16.5.